The summed E-state index contributed by atoms with van der Waals surface area (Å²) in [5.74, 6) is 3.43. The summed E-state index contributed by atoms with van der Waals surface area (Å²) < 4.78 is 11.0. The molecule has 6 heteroatoms. The van der Waals surface area contributed by atoms with Crippen molar-refractivity contribution in [1.29, 1.82) is 0 Å². The lowest BCUT2D eigenvalue weighted by molar-refractivity contribution is 0.115. The molecular weight excluding hydrogens is 364 g/mol. The number of guanidine groups is 1. The van der Waals surface area contributed by atoms with E-state index in [9.17, 15) is 0 Å². The Balaban J connectivity index is 1.31. The first kappa shape index (κ1) is 21.9. The fourth-order valence-corrected chi connectivity index (χ4v) is 3.80. The van der Waals surface area contributed by atoms with Gasteiger partial charge in [0.25, 0.3) is 0 Å². The molecule has 3 rings (SSSR count). The number of benzene rings is 1. The molecule has 0 bridgehead atoms. The molecular formula is C23H38N4O2. The second kappa shape index (κ2) is 11.4. The van der Waals surface area contributed by atoms with E-state index in [0.717, 1.165) is 63.6 Å². The standard InChI is InChI=1S/C23H38N4O2/c1-24-23(26(2)14-15-29-18-21-4-5-21)25-16-19-10-12-27(13-11-19)17-20-6-8-22(28-3)9-7-20/h6-9,19,21H,4-5,10-18H2,1-3H3,(H,24,25). The number of nitrogens with one attached hydrogen (secondary N) is 1. The van der Waals surface area contributed by atoms with Gasteiger partial charge in [0, 0.05) is 40.3 Å². The van der Waals surface area contributed by atoms with Crippen molar-refractivity contribution in [3.8, 4) is 5.75 Å². The number of hydrogen-bond donors (Lipinski definition) is 1. The molecule has 0 radical (unpaired) electrons. The summed E-state index contributed by atoms with van der Waals surface area (Å²) in [4.78, 5) is 9.16. The van der Waals surface area contributed by atoms with Gasteiger partial charge in [0.2, 0.25) is 0 Å². The SMILES string of the molecule is CN=C(NCC1CCN(Cc2ccc(OC)cc2)CC1)N(C)CCOCC1CC1. The quantitative estimate of drug-likeness (QED) is 0.370. The van der Waals surface area contributed by atoms with E-state index in [1.807, 2.05) is 19.2 Å². The van der Waals surface area contributed by atoms with Crippen molar-refractivity contribution in [2.45, 2.75) is 32.2 Å². The number of ether oxygens (including phenoxy) is 2. The van der Waals surface area contributed by atoms with Crippen LogP contribution in [0.1, 0.15) is 31.2 Å². The van der Waals surface area contributed by atoms with Crippen LogP contribution >= 0.6 is 0 Å². The van der Waals surface area contributed by atoms with E-state index in [1.165, 1.54) is 31.2 Å². The molecule has 0 unspecified atom stereocenters. The maximum atomic E-state index is 5.75. The summed E-state index contributed by atoms with van der Waals surface area (Å²) in [5, 5.41) is 3.57. The highest BCUT2D eigenvalue weighted by atomic mass is 16.5. The van der Waals surface area contributed by atoms with Crippen LogP contribution in [0.4, 0.5) is 0 Å². The first-order valence-corrected chi connectivity index (χ1v) is 11.0. The third-order valence-electron chi connectivity index (χ3n) is 6.02. The van der Waals surface area contributed by atoms with E-state index < -0.39 is 0 Å². The molecule has 0 aromatic heterocycles. The van der Waals surface area contributed by atoms with Crippen LogP contribution in [0.15, 0.2) is 29.3 Å². The molecule has 1 heterocycles. The van der Waals surface area contributed by atoms with Crippen LogP contribution in [0.5, 0.6) is 5.75 Å². The number of likely N-dealkylation sites (tertiary alicyclic amines) is 1. The predicted octanol–water partition coefficient (Wildman–Crippen LogP) is 2.84. The lowest BCUT2D eigenvalue weighted by Gasteiger charge is -2.33. The highest BCUT2D eigenvalue weighted by molar-refractivity contribution is 5.79. The van der Waals surface area contributed by atoms with Gasteiger partial charge >= 0.3 is 0 Å². The molecule has 6 nitrogen and oxygen atoms in total. The molecule has 2 aliphatic rings. The predicted molar refractivity (Wildman–Crippen MR) is 119 cm³/mol. The number of nitrogens with zero attached hydrogens (tertiary/aromatic N) is 3. The minimum absolute atomic E-state index is 0.707. The Kier molecular flexibility index (Phi) is 8.62. The maximum absolute atomic E-state index is 5.75. The molecule has 1 saturated heterocycles. The second-order valence-electron chi connectivity index (χ2n) is 8.44. The van der Waals surface area contributed by atoms with Gasteiger partial charge in [-0.3, -0.25) is 9.89 Å². The van der Waals surface area contributed by atoms with Crippen LogP contribution in [-0.2, 0) is 11.3 Å². The van der Waals surface area contributed by atoms with Crippen molar-refractivity contribution >= 4 is 5.96 Å². The molecule has 2 fully saturated rings. The van der Waals surface area contributed by atoms with Gasteiger partial charge < -0.3 is 19.7 Å². The zero-order valence-electron chi connectivity index (χ0n) is 18.4. The lowest BCUT2D eigenvalue weighted by atomic mass is 9.96. The normalized spacial score (nSPS) is 18.7. The first-order chi connectivity index (χ1) is 14.2. The number of hydrogen-bond acceptors (Lipinski definition) is 4. The fraction of sp³-hybridized carbons (Fsp3) is 0.696. The van der Waals surface area contributed by atoms with Gasteiger partial charge in [-0.25, -0.2) is 0 Å². The molecule has 1 aromatic rings. The Morgan fingerprint density at radius 2 is 1.86 bits per heavy atom. The topological polar surface area (TPSA) is 49.3 Å². The smallest absolute Gasteiger partial charge is 0.193 e. The Morgan fingerprint density at radius 3 is 2.48 bits per heavy atom. The van der Waals surface area contributed by atoms with E-state index in [-0.39, 0.29) is 0 Å². The minimum atomic E-state index is 0.707. The molecule has 1 saturated carbocycles. The van der Waals surface area contributed by atoms with Gasteiger partial charge in [-0.05, 0) is 68.3 Å². The zero-order chi connectivity index (χ0) is 20.5. The number of likely N-dealkylation sites (N-methyl/N-ethyl adjacent to an activating group) is 1. The van der Waals surface area contributed by atoms with Crippen LogP contribution in [-0.4, -0.2) is 76.4 Å². The van der Waals surface area contributed by atoms with Gasteiger partial charge in [0.05, 0.1) is 13.7 Å². The molecule has 1 aromatic carbocycles. The van der Waals surface area contributed by atoms with Crippen molar-refractivity contribution in [1.82, 2.24) is 15.1 Å². The molecule has 29 heavy (non-hydrogen) atoms. The Morgan fingerprint density at radius 1 is 1.14 bits per heavy atom. The van der Waals surface area contributed by atoms with Gasteiger partial charge in [-0.2, -0.15) is 0 Å². The van der Waals surface area contributed by atoms with Crippen molar-refractivity contribution in [3.63, 3.8) is 0 Å². The summed E-state index contributed by atoms with van der Waals surface area (Å²) in [6.45, 7) is 6.91. The van der Waals surface area contributed by atoms with Crippen LogP contribution in [0, 0.1) is 11.8 Å². The second-order valence-corrected chi connectivity index (χ2v) is 8.44. The Labute approximate surface area is 176 Å². The van der Waals surface area contributed by atoms with Gasteiger partial charge in [0.1, 0.15) is 5.75 Å². The summed E-state index contributed by atoms with van der Waals surface area (Å²) in [6, 6.07) is 8.43. The number of piperidine rings is 1. The minimum Gasteiger partial charge on any atom is -0.497 e. The summed E-state index contributed by atoms with van der Waals surface area (Å²) in [7, 11) is 5.66. The number of rotatable bonds is 10. The largest absolute Gasteiger partial charge is 0.497 e. The first-order valence-electron chi connectivity index (χ1n) is 11.0. The van der Waals surface area contributed by atoms with E-state index in [2.05, 4.69) is 39.3 Å². The Bertz CT molecular complexity index is 622. The van der Waals surface area contributed by atoms with E-state index in [0.29, 0.717) is 5.92 Å². The number of methoxy groups -OCH3 is 1. The zero-order valence-corrected chi connectivity index (χ0v) is 18.4. The lowest BCUT2D eigenvalue weighted by Crippen LogP contribution is -2.44. The van der Waals surface area contributed by atoms with Crippen molar-refractivity contribution in [2.75, 3.05) is 60.6 Å². The van der Waals surface area contributed by atoms with Gasteiger partial charge in [0.15, 0.2) is 5.96 Å². The molecule has 0 atom stereocenters. The molecule has 0 spiro atoms. The number of aliphatic imine (C=N–C) groups is 1. The molecule has 162 valence electrons. The van der Waals surface area contributed by atoms with Crippen molar-refractivity contribution in [2.24, 2.45) is 16.8 Å². The summed E-state index contributed by atoms with van der Waals surface area (Å²) in [6.07, 6.45) is 5.15. The van der Waals surface area contributed by atoms with E-state index >= 15 is 0 Å². The third kappa shape index (κ3) is 7.52. The average molecular weight is 403 g/mol. The van der Waals surface area contributed by atoms with E-state index in [1.54, 1.807) is 7.11 Å². The summed E-state index contributed by atoms with van der Waals surface area (Å²) in [5.41, 5.74) is 1.35. The third-order valence-corrected chi connectivity index (χ3v) is 6.02. The van der Waals surface area contributed by atoms with Gasteiger partial charge in [-0.15, -0.1) is 0 Å². The fourth-order valence-electron chi connectivity index (χ4n) is 3.80. The van der Waals surface area contributed by atoms with E-state index in [4.69, 9.17) is 9.47 Å². The monoisotopic (exact) mass is 402 g/mol. The van der Waals surface area contributed by atoms with Crippen LogP contribution < -0.4 is 10.1 Å². The van der Waals surface area contributed by atoms with Crippen molar-refractivity contribution < 1.29 is 9.47 Å². The maximum Gasteiger partial charge on any atom is 0.193 e. The van der Waals surface area contributed by atoms with Gasteiger partial charge in [-0.1, -0.05) is 12.1 Å². The van der Waals surface area contributed by atoms with Crippen molar-refractivity contribution in [3.05, 3.63) is 29.8 Å². The van der Waals surface area contributed by atoms with Crippen LogP contribution in [0.25, 0.3) is 0 Å². The molecule has 1 aliphatic carbocycles. The highest BCUT2D eigenvalue weighted by Gasteiger charge is 2.22. The van der Waals surface area contributed by atoms with Crippen LogP contribution in [0.3, 0.4) is 0 Å². The molecule has 0 amide bonds. The average Bonchev–Trinajstić information content (AvgIpc) is 3.58. The Hall–Kier alpha value is -1.79. The van der Waals surface area contributed by atoms with Crippen LogP contribution in [0.2, 0.25) is 0 Å². The molecule has 1 aliphatic heterocycles. The molecule has 1 N–H and O–H groups in total. The highest BCUT2D eigenvalue weighted by Crippen LogP contribution is 2.28. The summed E-state index contributed by atoms with van der Waals surface area (Å²) >= 11 is 0.